The molecule has 1 atom stereocenters. The lowest BCUT2D eigenvalue weighted by molar-refractivity contribution is -0.159. The van der Waals surface area contributed by atoms with Crippen LogP contribution in [0.2, 0.25) is 5.02 Å². The number of carbonyl (C=O) groups is 3. The highest BCUT2D eigenvalue weighted by atomic mass is 35.5. The Kier molecular flexibility index (Phi) is 6.51. The number of esters is 1. The van der Waals surface area contributed by atoms with Crippen LogP contribution >= 0.6 is 11.6 Å². The van der Waals surface area contributed by atoms with E-state index in [0.717, 1.165) is 0 Å². The molecule has 0 spiro atoms. The lowest BCUT2D eigenvalue weighted by atomic mass is 9.79. The van der Waals surface area contributed by atoms with Gasteiger partial charge in [0.2, 0.25) is 5.91 Å². The van der Waals surface area contributed by atoms with Crippen LogP contribution in [-0.2, 0) is 25.5 Å². The van der Waals surface area contributed by atoms with Gasteiger partial charge in [0.15, 0.2) is 0 Å². The second-order valence-corrected chi connectivity index (χ2v) is 9.66. The number of fused-ring (bicyclic) bond motifs is 1. The van der Waals surface area contributed by atoms with Crippen molar-refractivity contribution in [2.24, 2.45) is 5.41 Å². The van der Waals surface area contributed by atoms with Gasteiger partial charge >= 0.3 is 12.1 Å². The van der Waals surface area contributed by atoms with E-state index in [0.29, 0.717) is 42.3 Å². The van der Waals surface area contributed by atoms with Gasteiger partial charge in [-0.1, -0.05) is 11.6 Å². The number of likely N-dealkylation sites (tertiary alicyclic amines) is 1. The number of carbonyl (C=O) groups excluding carboxylic acids is 3. The first-order valence-electron chi connectivity index (χ1n) is 10.6. The van der Waals surface area contributed by atoms with E-state index in [2.05, 4.69) is 4.98 Å². The van der Waals surface area contributed by atoms with Crippen LogP contribution in [0.4, 0.5) is 10.5 Å². The Morgan fingerprint density at radius 2 is 1.94 bits per heavy atom. The number of hydrogen-bond donors (Lipinski definition) is 0. The number of hydrogen-bond acceptors (Lipinski definition) is 6. The molecule has 2 aliphatic rings. The van der Waals surface area contributed by atoms with Gasteiger partial charge in [0, 0.05) is 31.7 Å². The van der Waals surface area contributed by atoms with E-state index >= 15 is 0 Å². The summed E-state index contributed by atoms with van der Waals surface area (Å²) in [6.45, 7) is 9.89. The molecule has 2 amide bonds. The maximum Gasteiger partial charge on any atom is 0.410 e. The van der Waals surface area contributed by atoms with E-state index in [-0.39, 0.29) is 31.1 Å². The minimum Gasteiger partial charge on any atom is -0.465 e. The number of halogens is 1. The average molecular weight is 452 g/mol. The van der Waals surface area contributed by atoms with Crippen LogP contribution in [0.25, 0.3) is 0 Å². The van der Waals surface area contributed by atoms with Crippen molar-refractivity contribution in [2.75, 3.05) is 24.6 Å². The fraction of sp³-hybridized carbons (Fsp3) is 0.636. The minimum absolute atomic E-state index is 0.157. The van der Waals surface area contributed by atoms with Gasteiger partial charge in [-0.15, -0.1) is 0 Å². The van der Waals surface area contributed by atoms with Gasteiger partial charge in [-0.25, -0.2) is 4.79 Å². The van der Waals surface area contributed by atoms with Crippen LogP contribution in [0, 0.1) is 5.41 Å². The van der Waals surface area contributed by atoms with E-state index < -0.39 is 17.0 Å². The summed E-state index contributed by atoms with van der Waals surface area (Å²) in [6, 6.07) is 1.52. The number of pyridine rings is 1. The van der Waals surface area contributed by atoms with Gasteiger partial charge in [0.1, 0.15) is 11.0 Å². The highest BCUT2D eigenvalue weighted by Gasteiger charge is 2.52. The van der Waals surface area contributed by atoms with E-state index in [9.17, 15) is 14.4 Å². The fourth-order valence-electron chi connectivity index (χ4n) is 4.03. The van der Waals surface area contributed by atoms with Gasteiger partial charge in [0.05, 0.1) is 23.0 Å². The number of aromatic nitrogens is 1. The standard InChI is InChI=1S/C22H30ClN3O5/c1-6-30-19(28)22(5)12-16-17(11-14(23)13-24-16)26(18(22)27)15-7-9-25(10-8-15)20(29)31-21(2,3)4/h11,13,15H,6-10,12H2,1-5H3. The third-order valence-electron chi connectivity index (χ3n) is 5.59. The molecule has 2 aliphatic heterocycles. The van der Waals surface area contributed by atoms with Crippen LogP contribution in [0.15, 0.2) is 12.3 Å². The van der Waals surface area contributed by atoms with Crippen molar-refractivity contribution < 1.29 is 23.9 Å². The van der Waals surface area contributed by atoms with Gasteiger partial charge in [-0.2, -0.15) is 0 Å². The molecule has 1 aromatic rings. The van der Waals surface area contributed by atoms with E-state index in [1.807, 2.05) is 20.8 Å². The average Bonchev–Trinajstić information content (AvgIpc) is 2.68. The lowest BCUT2D eigenvalue weighted by Gasteiger charge is -2.44. The molecule has 1 fully saturated rings. The van der Waals surface area contributed by atoms with Gasteiger partial charge < -0.3 is 19.3 Å². The van der Waals surface area contributed by atoms with E-state index in [1.165, 1.54) is 6.20 Å². The number of ether oxygens (including phenoxy) is 2. The maximum absolute atomic E-state index is 13.6. The Morgan fingerprint density at radius 3 is 2.52 bits per heavy atom. The van der Waals surface area contributed by atoms with Crippen LogP contribution in [-0.4, -0.2) is 59.2 Å². The molecule has 1 saturated heterocycles. The normalized spacial score (nSPS) is 22.2. The Hall–Kier alpha value is -2.35. The molecular weight excluding hydrogens is 422 g/mol. The smallest absolute Gasteiger partial charge is 0.410 e. The SMILES string of the molecule is CCOC(=O)C1(C)Cc2ncc(Cl)cc2N(C2CCN(C(=O)OC(C)(C)C)CC2)C1=O. The maximum atomic E-state index is 13.6. The zero-order chi connectivity index (χ0) is 23.0. The molecule has 0 N–H and O–H groups in total. The largest absolute Gasteiger partial charge is 0.465 e. The van der Waals surface area contributed by atoms with Crippen molar-refractivity contribution in [2.45, 2.75) is 65.5 Å². The van der Waals surface area contributed by atoms with E-state index in [1.54, 1.807) is 29.7 Å². The van der Waals surface area contributed by atoms with Gasteiger partial charge in [-0.3, -0.25) is 14.6 Å². The zero-order valence-electron chi connectivity index (χ0n) is 18.7. The quantitative estimate of drug-likeness (QED) is 0.515. The van der Waals surface area contributed by atoms with Crippen molar-refractivity contribution in [3.8, 4) is 0 Å². The topological polar surface area (TPSA) is 89.0 Å². The summed E-state index contributed by atoms with van der Waals surface area (Å²) >= 11 is 6.18. The highest BCUT2D eigenvalue weighted by molar-refractivity contribution is 6.31. The summed E-state index contributed by atoms with van der Waals surface area (Å²) in [6.07, 6.45) is 2.42. The second-order valence-electron chi connectivity index (χ2n) is 9.22. The third-order valence-corrected chi connectivity index (χ3v) is 5.80. The molecular formula is C22H30ClN3O5. The molecule has 170 valence electrons. The molecule has 0 saturated carbocycles. The monoisotopic (exact) mass is 451 g/mol. The van der Waals surface area contributed by atoms with Crippen molar-refractivity contribution in [3.63, 3.8) is 0 Å². The minimum atomic E-state index is -1.36. The van der Waals surface area contributed by atoms with Crippen LogP contribution in [0.5, 0.6) is 0 Å². The van der Waals surface area contributed by atoms with Crippen molar-refractivity contribution in [3.05, 3.63) is 23.0 Å². The van der Waals surface area contributed by atoms with Crippen LogP contribution < -0.4 is 4.90 Å². The highest BCUT2D eigenvalue weighted by Crippen LogP contribution is 2.41. The summed E-state index contributed by atoms with van der Waals surface area (Å²) in [7, 11) is 0. The first-order valence-corrected chi connectivity index (χ1v) is 11.0. The summed E-state index contributed by atoms with van der Waals surface area (Å²) in [5.74, 6) is -0.878. The molecule has 0 aliphatic carbocycles. The van der Waals surface area contributed by atoms with Gasteiger partial charge in [0.25, 0.3) is 0 Å². The first kappa shape index (κ1) is 23.3. The van der Waals surface area contributed by atoms with Crippen molar-refractivity contribution in [1.29, 1.82) is 0 Å². The summed E-state index contributed by atoms with van der Waals surface area (Å²) in [5.41, 5.74) is -0.671. The molecule has 8 nitrogen and oxygen atoms in total. The van der Waals surface area contributed by atoms with Crippen LogP contribution in [0.1, 0.15) is 53.2 Å². The first-order chi connectivity index (χ1) is 14.5. The number of rotatable bonds is 3. The molecule has 1 aromatic heterocycles. The Labute approximate surface area is 187 Å². The number of piperidine rings is 1. The third kappa shape index (κ3) is 4.79. The number of anilines is 1. The predicted molar refractivity (Wildman–Crippen MR) is 116 cm³/mol. The lowest BCUT2D eigenvalue weighted by Crippen LogP contribution is -2.58. The number of amides is 2. The second kappa shape index (κ2) is 8.65. The molecule has 31 heavy (non-hydrogen) atoms. The van der Waals surface area contributed by atoms with E-state index in [4.69, 9.17) is 21.1 Å². The Morgan fingerprint density at radius 1 is 1.29 bits per heavy atom. The Bertz CT molecular complexity index is 876. The summed E-state index contributed by atoms with van der Waals surface area (Å²) in [4.78, 5) is 46.4. The Balaban J connectivity index is 1.86. The zero-order valence-corrected chi connectivity index (χ0v) is 19.5. The molecule has 0 aromatic carbocycles. The number of nitrogens with zero attached hydrogens (tertiary/aromatic N) is 3. The summed E-state index contributed by atoms with van der Waals surface area (Å²) in [5, 5.41) is 0.419. The fourth-order valence-corrected chi connectivity index (χ4v) is 4.19. The molecule has 3 heterocycles. The molecule has 0 bridgehead atoms. The van der Waals surface area contributed by atoms with Crippen LogP contribution in [0.3, 0.4) is 0 Å². The van der Waals surface area contributed by atoms with Gasteiger partial charge in [-0.05, 0) is 53.5 Å². The predicted octanol–water partition coefficient (Wildman–Crippen LogP) is 3.59. The van der Waals surface area contributed by atoms with Crippen molar-refractivity contribution >= 4 is 35.3 Å². The molecule has 3 rings (SSSR count). The molecule has 1 unspecified atom stereocenters. The molecule has 0 radical (unpaired) electrons. The van der Waals surface area contributed by atoms with Crippen molar-refractivity contribution in [1.82, 2.24) is 9.88 Å². The molecule has 9 heteroatoms. The summed E-state index contributed by atoms with van der Waals surface area (Å²) < 4.78 is 10.7.